The van der Waals surface area contributed by atoms with Gasteiger partial charge in [-0.2, -0.15) is 0 Å². The predicted molar refractivity (Wildman–Crippen MR) is 49.6 cm³/mol. The van der Waals surface area contributed by atoms with Crippen molar-refractivity contribution < 1.29 is 4.74 Å². The van der Waals surface area contributed by atoms with Gasteiger partial charge in [-0.1, -0.05) is 18.2 Å². The van der Waals surface area contributed by atoms with Crippen LogP contribution in [0.4, 0.5) is 0 Å². The molecule has 0 aliphatic carbocycles. The Bertz CT molecular complexity index is 117. The number of rotatable bonds is 7. The molecule has 1 nitrogen and oxygen atoms in total. The highest BCUT2D eigenvalue weighted by atomic mass is 16.5. The molecule has 0 spiro atoms. The standard InChI is InChI=1S/C10H16O/c1-4-7-10(8-5-2)11-9-6-3/h4-6,10H,1-3,7-9H2. The van der Waals surface area contributed by atoms with Gasteiger partial charge in [0, 0.05) is 0 Å². The van der Waals surface area contributed by atoms with E-state index in [1.807, 2.05) is 12.2 Å². The molecule has 0 amide bonds. The SMILES string of the molecule is C=CCOC(CC=C)CC=C. The maximum atomic E-state index is 5.41. The van der Waals surface area contributed by atoms with Crippen molar-refractivity contribution in [1.29, 1.82) is 0 Å². The van der Waals surface area contributed by atoms with Gasteiger partial charge in [-0.25, -0.2) is 0 Å². The summed E-state index contributed by atoms with van der Waals surface area (Å²) in [4.78, 5) is 0. The maximum absolute atomic E-state index is 5.41. The van der Waals surface area contributed by atoms with Gasteiger partial charge in [-0.05, 0) is 12.8 Å². The lowest BCUT2D eigenvalue weighted by atomic mass is 10.2. The second-order valence-corrected chi connectivity index (χ2v) is 2.29. The summed E-state index contributed by atoms with van der Waals surface area (Å²) in [5.74, 6) is 0. The van der Waals surface area contributed by atoms with Gasteiger partial charge < -0.3 is 4.74 Å². The molecule has 0 aliphatic rings. The molecule has 1 heteroatoms. The summed E-state index contributed by atoms with van der Waals surface area (Å²) in [6.45, 7) is 11.5. The van der Waals surface area contributed by atoms with Gasteiger partial charge in [0.1, 0.15) is 0 Å². The van der Waals surface area contributed by atoms with Gasteiger partial charge in [-0.15, -0.1) is 19.7 Å². The lowest BCUT2D eigenvalue weighted by Crippen LogP contribution is -2.10. The maximum Gasteiger partial charge on any atom is 0.0648 e. The molecule has 0 aromatic rings. The van der Waals surface area contributed by atoms with Crippen molar-refractivity contribution in [3.05, 3.63) is 38.0 Å². The van der Waals surface area contributed by atoms with Crippen molar-refractivity contribution in [2.75, 3.05) is 6.61 Å². The third kappa shape index (κ3) is 5.62. The topological polar surface area (TPSA) is 9.23 Å². The minimum absolute atomic E-state index is 0.225. The molecule has 0 atom stereocenters. The second kappa shape index (κ2) is 7.29. The number of hydrogen-bond donors (Lipinski definition) is 0. The van der Waals surface area contributed by atoms with E-state index in [1.165, 1.54) is 0 Å². The average molecular weight is 152 g/mol. The van der Waals surface area contributed by atoms with E-state index < -0.39 is 0 Å². The minimum atomic E-state index is 0.225. The predicted octanol–water partition coefficient (Wildman–Crippen LogP) is 2.71. The lowest BCUT2D eigenvalue weighted by Gasteiger charge is -2.12. The lowest BCUT2D eigenvalue weighted by molar-refractivity contribution is 0.0791. The summed E-state index contributed by atoms with van der Waals surface area (Å²) in [6, 6.07) is 0. The number of hydrogen-bond acceptors (Lipinski definition) is 1. The molecule has 0 unspecified atom stereocenters. The number of ether oxygens (including phenoxy) is 1. The van der Waals surface area contributed by atoms with Gasteiger partial charge in [0.25, 0.3) is 0 Å². The van der Waals surface area contributed by atoms with E-state index in [0.717, 1.165) is 12.8 Å². The fourth-order valence-electron chi connectivity index (χ4n) is 0.808. The molecular formula is C10H16O. The minimum Gasteiger partial charge on any atom is -0.374 e. The van der Waals surface area contributed by atoms with Crippen LogP contribution < -0.4 is 0 Å². The van der Waals surface area contributed by atoms with Gasteiger partial charge in [-0.3, -0.25) is 0 Å². The molecule has 62 valence electrons. The molecule has 0 bridgehead atoms. The van der Waals surface area contributed by atoms with Crippen LogP contribution in [0.25, 0.3) is 0 Å². The Balaban J connectivity index is 3.57. The van der Waals surface area contributed by atoms with Gasteiger partial charge >= 0.3 is 0 Å². The second-order valence-electron chi connectivity index (χ2n) is 2.29. The zero-order valence-corrected chi connectivity index (χ0v) is 6.96. The van der Waals surface area contributed by atoms with E-state index in [-0.39, 0.29) is 6.10 Å². The summed E-state index contributed by atoms with van der Waals surface area (Å²) < 4.78 is 5.41. The zero-order chi connectivity index (χ0) is 8.53. The van der Waals surface area contributed by atoms with Gasteiger partial charge in [0.05, 0.1) is 12.7 Å². The first-order valence-corrected chi connectivity index (χ1v) is 3.79. The van der Waals surface area contributed by atoms with Crippen LogP contribution in [0.15, 0.2) is 38.0 Å². The molecular weight excluding hydrogens is 136 g/mol. The Morgan fingerprint density at radius 2 is 1.55 bits per heavy atom. The van der Waals surface area contributed by atoms with Crippen LogP contribution in [0.2, 0.25) is 0 Å². The highest BCUT2D eigenvalue weighted by Crippen LogP contribution is 2.04. The summed E-state index contributed by atoms with van der Waals surface area (Å²) in [5, 5.41) is 0. The molecule has 0 saturated carbocycles. The third-order valence-electron chi connectivity index (χ3n) is 1.31. The Kier molecular flexibility index (Phi) is 6.75. The Morgan fingerprint density at radius 3 is 1.91 bits per heavy atom. The van der Waals surface area contributed by atoms with E-state index in [2.05, 4.69) is 19.7 Å². The smallest absolute Gasteiger partial charge is 0.0648 e. The highest BCUT2D eigenvalue weighted by molar-refractivity contribution is 4.81. The summed E-state index contributed by atoms with van der Waals surface area (Å²) in [5.41, 5.74) is 0. The van der Waals surface area contributed by atoms with E-state index >= 15 is 0 Å². The van der Waals surface area contributed by atoms with Crippen molar-refractivity contribution >= 4 is 0 Å². The van der Waals surface area contributed by atoms with E-state index in [4.69, 9.17) is 4.74 Å². The van der Waals surface area contributed by atoms with Crippen molar-refractivity contribution in [1.82, 2.24) is 0 Å². The quantitative estimate of drug-likeness (QED) is 0.510. The third-order valence-corrected chi connectivity index (χ3v) is 1.31. The molecule has 0 radical (unpaired) electrons. The molecule has 0 heterocycles. The van der Waals surface area contributed by atoms with Gasteiger partial charge in [0.15, 0.2) is 0 Å². The normalized spacial score (nSPS) is 9.55. The fraction of sp³-hybridized carbons (Fsp3) is 0.400. The zero-order valence-electron chi connectivity index (χ0n) is 6.96. The largest absolute Gasteiger partial charge is 0.374 e. The molecule has 0 aliphatic heterocycles. The Labute approximate surface area is 69.1 Å². The fourth-order valence-corrected chi connectivity index (χ4v) is 0.808. The van der Waals surface area contributed by atoms with Crippen LogP contribution in [-0.4, -0.2) is 12.7 Å². The van der Waals surface area contributed by atoms with Crippen LogP contribution >= 0.6 is 0 Å². The van der Waals surface area contributed by atoms with Crippen molar-refractivity contribution in [3.8, 4) is 0 Å². The Morgan fingerprint density at radius 1 is 1.00 bits per heavy atom. The molecule has 0 aromatic heterocycles. The first kappa shape index (κ1) is 10.2. The van der Waals surface area contributed by atoms with Crippen molar-refractivity contribution in [3.63, 3.8) is 0 Å². The summed E-state index contributed by atoms with van der Waals surface area (Å²) >= 11 is 0. The first-order valence-electron chi connectivity index (χ1n) is 3.79. The van der Waals surface area contributed by atoms with E-state index in [1.54, 1.807) is 6.08 Å². The summed E-state index contributed by atoms with van der Waals surface area (Å²) in [7, 11) is 0. The van der Waals surface area contributed by atoms with Crippen LogP contribution in [0.3, 0.4) is 0 Å². The highest BCUT2D eigenvalue weighted by Gasteiger charge is 2.02. The molecule has 0 fully saturated rings. The monoisotopic (exact) mass is 152 g/mol. The van der Waals surface area contributed by atoms with Crippen LogP contribution in [0, 0.1) is 0 Å². The van der Waals surface area contributed by atoms with Crippen molar-refractivity contribution in [2.24, 2.45) is 0 Å². The summed E-state index contributed by atoms with van der Waals surface area (Å²) in [6.07, 6.45) is 7.44. The van der Waals surface area contributed by atoms with E-state index in [0.29, 0.717) is 6.61 Å². The molecule has 0 saturated heterocycles. The van der Waals surface area contributed by atoms with Crippen LogP contribution in [0.1, 0.15) is 12.8 Å². The van der Waals surface area contributed by atoms with Gasteiger partial charge in [0.2, 0.25) is 0 Å². The molecule has 0 aromatic carbocycles. The van der Waals surface area contributed by atoms with Crippen LogP contribution in [-0.2, 0) is 4.74 Å². The first-order chi connectivity index (χ1) is 5.35. The van der Waals surface area contributed by atoms with Crippen molar-refractivity contribution in [2.45, 2.75) is 18.9 Å². The van der Waals surface area contributed by atoms with E-state index in [9.17, 15) is 0 Å². The molecule has 0 N–H and O–H groups in total. The van der Waals surface area contributed by atoms with Crippen LogP contribution in [0.5, 0.6) is 0 Å². The average Bonchev–Trinajstić information content (AvgIpc) is 2.01. The molecule has 0 rings (SSSR count). The molecule has 11 heavy (non-hydrogen) atoms. The Hall–Kier alpha value is -0.820.